The van der Waals surface area contributed by atoms with Gasteiger partial charge in [-0.2, -0.15) is 8.78 Å². The molecule has 0 aliphatic heterocycles. The third kappa shape index (κ3) is 36.9. The molecule has 0 heterocycles. The Morgan fingerprint density at radius 3 is 1.35 bits per heavy atom. The van der Waals surface area contributed by atoms with E-state index in [-0.39, 0.29) is 58.8 Å². The molecule has 0 spiro atoms. The Labute approximate surface area is 460 Å². The van der Waals surface area contributed by atoms with Crippen molar-refractivity contribution in [2.75, 3.05) is 67.6 Å². The van der Waals surface area contributed by atoms with Crippen LogP contribution in [0.25, 0.3) is 0 Å². The van der Waals surface area contributed by atoms with Gasteiger partial charge in [-0.05, 0) is 118 Å². The summed E-state index contributed by atoms with van der Waals surface area (Å²) >= 11 is 0. The van der Waals surface area contributed by atoms with Gasteiger partial charge in [-0.25, -0.2) is 8.42 Å². The number of hydrogen-bond donors (Lipinski definition) is 0. The second-order valence-electron chi connectivity index (χ2n) is 19.7. The van der Waals surface area contributed by atoms with Crippen molar-refractivity contribution in [3.05, 3.63) is 0 Å². The summed E-state index contributed by atoms with van der Waals surface area (Å²) in [6.07, 6.45) is 4.56. The molecule has 72 heavy (non-hydrogen) atoms. The first-order valence-electron chi connectivity index (χ1n) is 25.1. The average Bonchev–Trinajstić information content (AvgIpc) is 3.31. The molecule has 0 aromatic carbocycles. The van der Waals surface area contributed by atoms with Crippen LogP contribution in [0.15, 0.2) is 0 Å². The van der Waals surface area contributed by atoms with E-state index >= 15 is 0 Å². The summed E-state index contributed by atoms with van der Waals surface area (Å²) in [5.74, 6) is -2.00. The van der Waals surface area contributed by atoms with Crippen LogP contribution < -0.4 is 29.6 Å². The molecule has 0 fully saturated rings. The number of rotatable bonds is 34. The first kappa shape index (κ1) is 79.9. The predicted octanol–water partition coefficient (Wildman–Crippen LogP) is 7.55. The van der Waals surface area contributed by atoms with Crippen LogP contribution in [0.4, 0.5) is 8.78 Å². The van der Waals surface area contributed by atoms with Gasteiger partial charge in [-0.1, -0.05) is 61.3 Å². The Hall–Kier alpha value is -0.939. The molecule has 0 N–H and O–H groups in total. The van der Waals surface area contributed by atoms with Crippen molar-refractivity contribution in [2.45, 2.75) is 197 Å². The summed E-state index contributed by atoms with van der Waals surface area (Å²) in [5, 5.41) is -4.61. The molecule has 3 unspecified atom stereocenters. The van der Waals surface area contributed by atoms with Gasteiger partial charge >= 0.3 is 67.5 Å². The maximum Gasteiger partial charge on any atom is 1.00 e. The molecule has 0 aliphatic rings. The van der Waals surface area contributed by atoms with Gasteiger partial charge < -0.3 is 50.4 Å². The van der Waals surface area contributed by atoms with Crippen LogP contribution in [0.3, 0.4) is 0 Å². The van der Waals surface area contributed by atoms with Crippen LogP contribution in [0.2, 0.25) is 44.3 Å². The van der Waals surface area contributed by atoms with Crippen molar-refractivity contribution in [1.82, 2.24) is 0 Å². The molecular formula is C48H99F2NaO17SSi3. The van der Waals surface area contributed by atoms with Crippen LogP contribution in [-0.2, 0) is 75.1 Å². The molecule has 24 heteroatoms. The Morgan fingerprint density at radius 1 is 0.583 bits per heavy atom. The van der Waals surface area contributed by atoms with Gasteiger partial charge in [0, 0.05) is 34.0 Å². The van der Waals surface area contributed by atoms with Crippen LogP contribution in [0.5, 0.6) is 0 Å². The Kier molecular flexibility index (Phi) is 45.7. The zero-order valence-electron chi connectivity index (χ0n) is 48.6. The van der Waals surface area contributed by atoms with Gasteiger partial charge in [0.25, 0.3) is 0 Å². The summed E-state index contributed by atoms with van der Waals surface area (Å²) in [5.41, 5.74) is -0.781. The smallest absolute Gasteiger partial charge is 0.743 e. The van der Waals surface area contributed by atoms with E-state index in [2.05, 4.69) is 37.8 Å². The summed E-state index contributed by atoms with van der Waals surface area (Å²) < 4.78 is 109. The van der Waals surface area contributed by atoms with Crippen molar-refractivity contribution >= 4 is 59.4 Å². The van der Waals surface area contributed by atoms with Crippen LogP contribution >= 0.6 is 0 Å². The predicted molar refractivity (Wildman–Crippen MR) is 279 cm³/mol. The summed E-state index contributed by atoms with van der Waals surface area (Å²) in [4.78, 5) is 46.0. The van der Waals surface area contributed by atoms with E-state index in [0.717, 1.165) is 31.7 Å². The number of halogens is 2. The zero-order chi connectivity index (χ0) is 56.3. The van der Waals surface area contributed by atoms with Gasteiger partial charge in [-0.3, -0.25) is 19.2 Å². The maximum absolute atomic E-state index is 12.9. The third-order valence-electron chi connectivity index (χ3n) is 11.7. The fraction of sp³-hybridized carbons (Fsp3) is 0.917. The maximum atomic E-state index is 12.9. The topological polar surface area (TPSA) is 218 Å². The number of ether oxygens (including phenoxy) is 6. The molecule has 0 saturated heterocycles. The molecule has 0 amide bonds. The number of hydrogen-bond acceptors (Lipinski definition) is 17. The van der Waals surface area contributed by atoms with Crippen LogP contribution in [0.1, 0.15) is 141 Å². The molecule has 3 atom stereocenters. The molecule has 0 rings (SSSR count). The summed E-state index contributed by atoms with van der Waals surface area (Å²) in [7, 11) is -6.82. The average molecular weight is 1130 g/mol. The van der Waals surface area contributed by atoms with Crippen molar-refractivity contribution in [2.24, 2.45) is 22.7 Å². The van der Waals surface area contributed by atoms with Crippen LogP contribution in [-0.4, -0.2) is 141 Å². The number of alkyl halides is 2. The number of carbonyl (C=O) groups excluding carboxylic acids is 4. The van der Waals surface area contributed by atoms with Crippen molar-refractivity contribution in [3.8, 4) is 0 Å². The van der Waals surface area contributed by atoms with Crippen molar-refractivity contribution in [3.63, 3.8) is 0 Å². The Morgan fingerprint density at radius 2 is 0.972 bits per heavy atom. The fourth-order valence-electron chi connectivity index (χ4n) is 5.41. The molecule has 0 aromatic rings. The standard InChI is InChI=1S/C17H38O3Si2.C12H26O5Si.C11H22O4.C8H14F2O5S.Na/c1-9-11-14-21(5,6)20-22(7,8)15-12-13-19-16(18)17(3,4)10-2;1-7-12(2,3)11(13)17-9-8-10-18(14-4,15-5)16-6;1-4-10(3)11(12)15-9-8-14-7-6-13-5-2;1-4-5(2)7(11)15-6(3)8(9,10)16(12,13)14;/h9-15H2,1-8H3;7-10H2,1-6H3;10H,4-9H2,1-3H3;5-6H,4H2,1-3H3,(H,12,13,14);/q;;;;+1/p-1. The second-order valence-corrected chi connectivity index (χ2v) is 33.1. The van der Waals surface area contributed by atoms with E-state index in [0.29, 0.717) is 72.1 Å². The second kappa shape index (κ2) is 41.2. The summed E-state index contributed by atoms with van der Waals surface area (Å²) in [6, 6.07) is 2.95. The fourth-order valence-corrected chi connectivity index (χ4v) is 16.6. The zero-order valence-corrected chi connectivity index (χ0v) is 54.4. The molecule has 0 aliphatic carbocycles. The molecule has 17 nitrogen and oxygen atoms in total. The largest absolute Gasteiger partial charge is 1.00 e. The van der Waals surface area contributed by atoms with E-state index in [9.17, 15) is 40.9 Å². The minimum Gasteiger partial charge on any atom is -0.743 e. The molecule has 426 valence electrons. The molecule has 0 radical (unpaired) electrons. The number of unbranched alkanes of at least 4 members (excludes halogenated alkanes) is 1. The van der Waals surface area contributed by atoms with Gasteiger partial charge in [0.05, 0.1) is 55.7 Å². The molecule has 0 saturated carbocycles. The normalized spacial score (nSPS) is 13.5. The van der Waals surface area contributed by atoms with E-state index < -0.39 is 64.2 Å². The monoisotopic (exact) mass is 1120 g/mol. The molecular weight excluding hydrogens is 1030 g/mol. The minimum atomic E-state index is -5.84. The van der Waals surface area contributed by atoms with Crippen LogP contribution in [0, 0.1) is 22.7 Å². The van der Waals surface area contributed by atoms with Gasteiger partial charge in [0.1, 0.15) is 6.61 Å². The minimum absolute atomic E-state index is 0. The van der Waals surface area contributed by atoms with E-state index in [1.807, 2.05) is 62.3 Å². The van der Waals surface area contributed by atoms with Gasteiger partial charge in [0.15, 0.2) is 32.9 Å². The molecule has 0 bridgehead atoms. The number of esters is 4. The van der Waals surface area contributed by atoms with E-state index in [1.54, 1.807) is 28.3 Å². The van der Waals surface area contributed by atoms with E-state index in [4.69, 9.17) is 41.1 Å². The van der Waals surface area contributed by atoms with Gasteiger partial charge in [-0.15, -0.1) is 0 Å². The first-order valence-corrected chi connectivity index (χ1v) is 34.7. The van der Waals surface area contributed by atoms with Crippen molar-refractivity contribution < 1.29 is 116 Å². The summed E-state index contributed by atoms with van der Waals surface area (Å²) in [6.45, 7) is 36.2. The Balaban J connectivity index is -0.000000279. The molecule has 0 aromatic heterocycles. The first-order chi connectivity index (χ1) is 32.6. The Bertz CT molecular complexity index is 1550. The number of carbonyl (C=O) groups is 4. The van der Waals surface area contributed by atoms with Gasteiger partial charge in [0.2, 0.25) is 0 Å². The third-order valence-corrected chi connectivity index (χ3v) is 23.1. The van der Waals surface area contributed by atoms with E-state index in [1.165, 1.54) is 25.8 Å². The quantitative estimate of drug-likeness (QED) is 0.0200. The SMILES string of the molecule is CCC(C)(C)C(=O)OCCC[Si](OC)(OC)OC.CCC(C)C(=O)OC(C)C(F)(F)S(=O)(=O)[O-].CCCC[Si](C)(C)O[Si](C)(C)CCCOC(=O)C(C)(C)CC.CCOCCOCCOC(=O)C(C)CC.[Na+]. The van der Waals surface area contributed by atoms with Crippen molar-refractivity contribution in [1.29, 1.82) is 0 Å².